The third kappa shape index (κ3) is 5.11. The first-order valence-corrected chi connectivity index (χ1v) is 14.3. The van der Waals surface area contributed by atoms with E-state index < -0.39 is 0 Å². The first-order chi connectivity index (χ1) is 18.0. The lowest BCUT2D eigenvalue weighted by molar-refractivity contribution is 0.0284. The maximum atomic E-state index is 13.1. The topological polar surface area (TPSA) is 32.3 Å². The van der Waals surface area contributed by atoms with Crippen LogP contribution in [0, 0.1) is 11.8 Å². The molecule has 3 aliphatic rings. The van der Waals surface area contributed by atoms with Crippen LogP contribution in [0.4, 0.5) is 0 Å². The smallest absolute Gasteiger partial charge is 0.251 e. The summed E-state index contributed by atoms with van der Waals surface area (Å²) in [4.78, 5) is 15.9. The van der Waals surface area contributed by atoms with E-state index in [9.17, 15) is 4.79 Å². The number of fused-ring (bicyclic) bond motifs is 4. The number of carbonyl (C=O) groups is 1. The molecule has 37 heavy (non-hydrogen) atoms. The van der Waals surface area contributed by atoms with Gasteiger partial charge in [0.1, 0.15) is 0 Å². The largest absolute Gasteiger partial charge is 0.352 e. The third-order valence-corrected chi connectivity index (χ3v) is 9.55. The fourth-order valence-corrected chi connectivity index (χ4v) is 6.79. The SMILES string of the molecule is C[C@H]1C2Cc3ccc(C(=O)NCCc4ccc(Cc5ccccc5)cc4)cc3[C@@]1(C)CCN2CC1CC1. The van der Waals surface area contributed by atoms with Gasteiger partial charge in [-0.2, -0.15) is 0 Å². The van der Waals surface area contributed by atoms with Crippen molar-refractivity contribution < 1.29 is 4.79 Å². The summed E-state index contributed by atoms with van der Waals surface area (Å²) in [6, 6.07) is 26.5. The second-order valence-electron chi connectivity index (χ2n) is 12.0. The highest BCUT2D eigenvalue weighted by Gasteiger charge is 2.49. The molecular formula is C34H40N2O. The normalized spacial score (nSPS) is 24.9. The molecule has 3 aromatic rings. The van der Waals surface area contributed by atoms with Crippen molar-refractivity contribution in [2.75, 3.05) is 19.6 Å². The number of nitrogens with one attached hydrogen (secondary N) is 1. The van der Waals surface area contributed by atoms with Crippen LogP contribution >= 0.6 is 0 Å². The van der Waals surface area contributed by atoms with Crippen LogP contribution < -0.4 is 5.32 Å². The molecule has 1 saturated carbocycles. The minimum atomic E-state index is 0.0491. The number of nitrogens with zero attached hydrogens (tertiary/aromatic N) is 1. The monoisotopic (exact) mass is 492 g/mol. The number of hydrogen-bond donors (Lipinski definition) is 1. The Hall–Kier alpha value is -2.91. The van der Waals surface area contributed by atoms with Gasteiger partial charge in [-0.25, -0.2) is 0 Å². The molecule has 192 valence electrons. The second kappa shape index (κ2) is 10.1. The molecule has 2 bridgehead atoms. The zero-order chi connectivity index (χ0) is 25.4. The van der Waals surface area contributed by atoms with Crippen LogP contribution in [-0.4, -0.2) is 36.5 Å². The Morgan fingerprint density at radius 3 is 2.46 bits per heavy atom. The van der Waals surface area contributed by atoms with Crippen molar-refractivity contribution in [1.82, 2.24) is 10.2 Å². The average Bonchev–Trinajstić information content (AvgIpc) is 3.73. The maximum Gasteiger partial charge on any atom is 0.251 e. The Balaban J connectivity index is 1.07. The van der Waals surface area contributed by atoms with Gasteiger partial charge in [0.05, 0.1) is 0 Å². The molecular weight excluding hydrogens is 452 g/mol. The second-order valence-corrected chi connectivity index (χ2v) is 12.0. The van der Waals surface area contributed by atoms with Crippen molar-refractivity contribution in [3.63, 3.8) is 0 Å². The van der Waals surface area contributed by atoms with Gasteiger partial charge in [-0.15, -0.1) is 0 Å². The molecule has 0 radical (unpaired) electrons. The first kappa shape index (κ1) is 24.4. The lowest BCUT2D eigenvalue weighted by Crippen LogP contribution is -2.58. The quantitative estimate of drug-likeness (QED) is 0.407. The van der Waals surface area contributed by atoms with Crippen LogP contribution in [0.5, 0.6) is 0 Å². The van der Waals surface area contributed by atoms with Crippen molar-refractivity contribution in [2.24, 2.45) is 11.8 Å². The Morgan fingerprint density at radius 2 is 1.70 bits per heavy atom. The number of likely N-dealkylation sites (tertiary alicyclic amines) is 1. The molecule has 1 heterocycles. The molecule has 1 unspecified atom stereocenters. The predicted octanol–water partition coefficient (Wildman–Crippen LogP) is 6.18. The molecule has 0 spiro atoms. The number of hydrogen-bond acceptors (Lipinski definition) is 2. The van der Waals surface area contributed by atoms with Gasteiger partial charge in [0, 0.05) is 24.7 Å². The number of benzene rings is 3. The molecule has 3 nitrogen and oxygen atoms in total. The molecule has 6 rings (SSSR count). The summed E-state index contributed by atoms with van der Waals surface area (Å²) in [7, 11) is 0. The highest BCUT2D eigenvalue weighted by Crippen LogP contribution is 2.49. The number of rotatable bonds is 8. The summed E-state index contributed by atoms with van der Waals surface area (Å²) >= 11 is 0. The maximum absolute atomic E-state index is 13.1. The Labute approximate surface area is 222 Å². The molecule has 2 aliphatic carbocycles. The van der Waals surface area contributed by atoms with E-state index >= 15 is 0 Å². The molecule has 0 aromatic heterocycles. The standard InChI is InChI=1S/C34H40N2O/c1-24-32-22-29-14-15-30(21-31(29)34(24,2)17-19-36(32)23-28-12-13-28)33(37)35-18-16-25-8-10-27(11-9-25)20-26-6-4-3-5-7-26/h3-11,14-15,21,24,28,32H,12-13,16-20,22-23H2,1-2H3,(H,35,37)/t24-,32?,34-/m0/s1. The van der Waals surface area contributed by atoms with E-state index in [0.29, 0.717) is 18.5 Å². The van der Waals surface area contributed by atoms with Gasteiger partial charge in [-0.1, -0.05) is 74.5 Å². The Morgan fingerprint density at radius 1 is 0.973 bits per heavy atom. The summed E-state index contributed by atoms with van der Waals surface area (Å²) in [6.45, 7) is 8.03. The van der Waals surface area contributed by atoms with Crippen molar-refractivity contribution >= 4 is 5.91 Å². The average molecular weight is 493 g/mol. The summed E-state index contributed by atoms with van der Waals surface area (Å²) < 4.78 is 0. The summed E-state index contributed by atoms with van der Waals surface area (Å²) in [5.74, 6) is 1.61. The molecule has 1 aliphatic heterocycles. The van der Waals surface area contributed by atoms with Crippen molar-refractivity contribution in [3.05, 3.63) is 106 Å². The van der Waals surface area contributed by atoms with Gasteiger partial charge < -0.3 is 5.32 Å². The van der Waals surface area contributed by atoms with Crippen LogP contribution in [0.15, 0.2) is 72.8 Å². The number of amides is 1. The third-order valence-electron chi connectivity index (χ3n) is 9.55. The van der Waals surface area contributed by atoms with Crippen molar-refractivity contribution in [3.8, 4) is 0 Å². The van der Waals surface area contributed by atoms with E-state index in [1.54, 1.807) is 0 Å². The minimum absolute atomic E-state index is 0.0491. The van der Waals surface area contributed by atoms with E-state index in [-0.39, 0.29) is 11.3 Å². The minimum Gasteiger partial charge on any atom is -0.352 e. The lowest BCUT2D eigenvalue weighted by Gasteiger charge is -2.55. The zero-order valence-electron chi connectivity index (χ0n) is 22.4. The van der Waals surface area contributed by atoms with Gasteiger partial charge in [0.15, 0.2) is 0 Å². The van der Waals surface area contributed by atoms with Crippen LogP contribution in [0.25, 0.3) is 0 Å². The van der Waals surface area contributed by atoms with E-state index in [1.165, 1.54) is 60.2 Å². The van der Waals surface area contributed by atoms with Crippen LogP contribution in [0.3, 0.4) is 0 Å². The van der Waals surface area contributed by atoms with Crippen LogP contribution in [-0.2, 0) is 24.7 Å². The van der Waals surface area contributed by atoms with Gasteiger partial charge in [0.25, 0.3) is 5.91 Å². The fraction of sp³-hybridized carbons (Fsp3) is 0.441. The van der Waals surface area contributed by atoms with E-state index in [0.717, 1.165) is 30.7 Å². The van der Waals surface area contributed by atoms with Crippen LogP contribution in [0.2, 0.25) is 0 Å². The number of carbonyl (C=O) groups excluding carboxylic acids is 1. The van der Waals surface area contributed by atoms with Gasteiger partial charge in [-0.3, -0.25) is 9.69 Å². The van der Waals surface area contributed by atoms with E-state index in [4.69, 9.17) is 0 Å². The number of piperidine rings is 1. The highest BCUT2D eigenvalue weighted by atomic mass is 16.1. The summed E-state index contributed by atoms with van der Waals surface area (Å²) in [5, 5.41) is 3.18. The molecule has 1 N–H and O–H groups in total. The highest BCUT2D eigenvalue weighted by molar-refractivity contribution is 5.94. The Bertz CT molecular complexity index is 1250. The van der Waals surface area contributed by atoms with Gasteiger partial charge >= 0.3 is 0 Å². The molecule has 3 heteroatoms. The lowest BCUT2D eigenvalue weighted by atomic mass is 9.59. The van der Waals surface area contributed by atoms with Gasteiger partial charge in [-0.05, 0) is 102 Å². The molecule has 1 saturated heterocycles. The van der Waals surface area contributed by atoms with Gasteiger partial charge in [0.2, 0.25) is 0 Å². The molecule has 1 amide bonds. The van der Waals surface area contributed by atoms with Crippen LogP contribution in [0.1, 0.15) is 71.3 Å². The van der Waals surface area contributed by atoms with Crippen molar-refractivity contribution in [1.29, 1.82) is 0 Å². The Kier molecular flexibility index (Phi) is 6.67. The van der Waals surface area contributed by atoms with Crippen molar-refractivity contribution in [2.45, 2.75) is 63.8 Å². The summed E-state index contributed by atoms with van der Waals surface area (Å²) in [5.41, 5.74) is 7.75. The van der Waals surface area contributed by atoms with E-state index in [2.05, 4.69) is 90.8 Å². The molecule has 3 atom stereocenters. The fourth-order valence-electron chi connectivity index (χ4n) is 6.79. The van der Waals surface area contributed by atoms with E-state index in [1.807, 2.05) is 6.07 Å². The predicted molar refractivity (Wildman–Crippen MR) is 151 cm³/mol. The molecule has 2 fully saturated rings. The summed E-state index contributed by atoms with van der Waals surface area (Å²) in [6.07, 6.45) is 6.95. The zero-order valence-corrected chi connectivity index (χ0v) is 22.4. The first-order valence-electron chi connectivity index (χ1n) is 14.3. The molecule has 3 aromatic carbocycles.